The second kappa shape index (κ2) is 4.52. The molecular formula is C9H9BrFNO2. The molecule has 0 saturated heterocycles. The van der Waals surface area contributed by atoms with Crippen molar-refractivity contribution in [3.8, 4) is 0 Å². The van der Waals surface area contributed by atoms with Gasteiger partial charge in [-0.15, -0.1) is 0 Å². The van der Waals surface area contributed by atoms with Gasteiger partial charge in [-0.1, -0.05) is 6.07 Å². The summed E-state index contributed by atoms with van der Waals surface area (Å²) in [7, 11) is 0. The summed E-state index contributed by atoms with van der Waals surface area (Å²) in [5.74, 6) is -2.21. The maximum Gasteiger partial charge on any atom is 0.312 e. The third kappa shape index (κ3) is 2.30. The van der Waals surface area contributed by atoms with Gasteiger partial charge < -0.3 is 10.8 Å². The molecule has 1 aromatic rings. The monoisotopic (exact) mass is 261 g/mol. The highest BCUT2D eigenvalue weighted by atomic mass is 79.9. The SMILES string of the molecule is NCC(C(=O)O)c1ccc(F)c(Br)c1. The molecule has 0 spiro atoms. The van der Waals surface area contributed by atoms with Crippen molar-refractivity contribution >= 4 is 21.9 Å². The molecule has 0 aromatic heterocycles. The van der Waals surface area contributed by atoms with E-state index in [4.69, 9.17) is 10.8 Å². The zero-order valence-corrected chi connectivity index (χ0v) is 8.79. The summed E-state index contributed by atoms with van der Waals surface area (Å²) in [6.07, 6.45) is 0. The van der Waals surface area contributed by atoms with E-state index in [1.165, 1.54) is 18.2 Å². The Labute approximate surface area is 88.9 Å². The Morgan fingerprint density at radius 2 is 2.29 bits per heavy atom. The molecule has 0 heterocycles. The largest absolute Gasteiger partial charge is 0.481 e. The van der Waals surface area contributed by atoms with Crippen LogP contribution in [-0.2, 0) is 4.79 Å². The molecule has 0 amide bonds. The predicted molar refractivity (Wildman–Crippen MR) is 53.5 cm³/mol. The predicted octanol–water partition coefficient (Wildman–Crippen LogP) is 1.72. The van der Waals surface area contributed by atoms with E-state index in [-0.39, 0.29) is 11.0 Å². The highest BCUT2D eigenvalue weighted by molar-refractivity contribution is 9.10. The van der Waals surface area contributed by atoms with Crippen LogP contribution in [0.15, 0.2) is 22.7 Å². The molecule has 1 atom stereocenters. The lowest BCUT2D eigenvalue weighted by molar-refractivity contribution is -0.138. The van der Waals surface area contributed by atoms with Gasteiger partial charge in [0, 0.05) is 6.54 Å². The average molecular weight is 262 g/mol. The van der Waals surface area contributed by atoms with Crippen LogP contribution in [0.3, 0.4) is 0 Å². The normalized spacial score (nSPS) is 12.5. The first kappa shape index (κ1) is 11.1. The topological polar surface area (TPSA) is 63.3 Å². The van der Waals surface area contributed by atoms with E-state index in [2.05, 4.69) is 15.9 Å². The summed E-state index contributed by atoms with van der Waals surface area (Å²) in [4.78, 5) is 10.7. The fourth-order valence-corrected chi connectivity index (χ4v) is 1.51. The van der Waals surface area contributed by atoms with Gasteiger partial charge in [0.05, 0.1) is 10.4 Å². The molecule has 1 rings (SSSR count). The molecule has 0 radical (unpaired) electrons. The van der Waals surface area contributed by atoms with Crippen LogP contribution in [0.2, 0.25) is 0 Å². The maximum absolute atomic E-state index is 12.8. The number of aliphatic carboxylic acids is 1. The van der Waals surface area contributed by atoms with Crippen molar-refractivity contribution in [3.05, 3.63) is 34.1 Å². The number of nitrogens with two attached hydrogens (primary N) is 1. The number of hydrogen-bond donors (Lipinski definition) is 2. The van der Waals surface area contributed by atoms with Gasteiger partial charge in [-0.25, -0.2) is 4.39 Å². The summed E-state index contributed by atoms with van der Waals surface area (Å²) in [5, 5.41) is 8.80. The molecule has 3 nitrogen and oxygen atoms in total. The van der Waals surface area contributed by atoms with Gasteiger partial charge in [0.1, 0.15) is 5.82 Å². The van der Waals surface area contributed by atoms with Gasteiger partial charge in [-0.3, -0.25) is 4.79 Å². The number of carboxylic acids is 1. The van der Waals surface area contributed by atoms with Crippen molar-refractivity contribution < 1.29 is 14.3 Å². The molecule has 76 valence electrons. The lowest BCUT2D eigenvalue weighted by atomic mass is 10.00. The molecule has 0 aliphatic heterocycles. The van der Waals surface area contributed by atoms with Crippen LogP contribution in [0, 0.1) is 5.82 Å². The molecule has 0 saturated carbocycles. The van der Waals surface area contributed by atoms with Crippen LogP contribution in [0.25, 0.3) is 0 Å². The van der Waals surface area contributed by atoms with Crippen LogP contribution < -0.4 is 5.73 Å². The highest BCUT2D eigenvalue weighted by Gasteiger charge is 2.18. The minimum absolute atomic E-state index is 0.00654. The van der Waals surface area contributed by atoms with E-state index in [1.807, 2.05) is 0 Å². The fourth-order valence-electron chi connectivity index (χ4n) is 1.11. The average Bonchev–Trinajstić information content (AvgIpc) is 2.11. The Kier molecular flexibility index (Phi) is 3.60. The van der Waals surface area contributed by atoms with Crippen LogP contribution in [0.1, 0.15) is 11.5 Å². The maximum atomic E-state index is 12.8. The second-order valence-corrected chi connectivity index (χ2v) is 3.65. The number of halogens is 2. The van der Waals surface area contributed by atoms with Crippen LogP contribution in [0.5, 0.6) is 0 Å². The smallest absolute Gasteiger partial charge is 0.312 e. The Morgan fingerprint density at radius 1 is 1.64 bits per heavy atom. The summed E-state index contributed by atoms with van der Waals surface area (Å²) in [6.45, 7) is -0.00654. The molecule has 3 N–H and O–H groups in total. The van der Waals surface area contributed by atoms with Crippen LogP contribution in [-0.4, -0.2) is 17.6 Å². The van der Waals surface area contributed by atoms with Crippen LogP contribution in [0.4, 0.5) is 4.39 Å². The molecule has 0 bridgehead atoms. The van der Waals surface area contributed by atoms with Gasteiger partial charge in [-0.2, -0.15) is 0 Å². The first-order valence-electron chi connectivity index (χ1n) is 3.94. The first-order chi connectivity index (χ1) is 6.56. The minimum Gasteiger partial charge on any atom is -0.481 e. The van der Waals surface area contributed by atoms with Crippen molar-refractivity contribution in [3.63, 3.8) is 0 Å². The Hall–Kier alpha value is -0.940. The standard InChI is InChI=1S/C9H9BrFNO2/c10-7-3-5(1-2-8(7)11)6(4-12)9(13)14/h1-3,6H,4,12H2,(H,13,14). The zero-order valence-electron chi connectivity index (χ0n) is 7.21. The van der Waals surface area contributed by atoms with Gasteiger partial charge in [0.2, 0.25) is 0 Å². The fraction of sp³-hybridized carbons (Fsp3) is 0.222. The lowest BCUT2D eigenvalue weighted by Crippen LogP contribution is -2.21. The Morgan fingerprint density at radius 3 is 2.71 bits per heavy atom. The third-order valence-corrected chi connectivity index (χ3v) is 2.49. The van der Waals surface area contributed by atoms with Crippen molar-refractivity contribution in [2.24, 2.45) is 5.73 Å². The first-order valence-corrected chi connectivity index (χ1v) is 4.73. The summed E-state index contributed by atoms with van der Waals surface area (Å²) in [6, 6.07) is 4.07. The number of rotatable bonds is 3. The highest BCUT2D eigenvalue weighted by Crippen LogP contribution is 2.22. The molecule has 0 aliphatic rings. The lowest BCUT2D eigenvalue weighted by Gasteiger charge is -2.10. The van der Waals surface area contributed by atoms with Gasteiger partial charge in [0.25, 0.3) is 0 Å². The van der Waals surface area contributed by atoms with E-state index in [1.54, 1.807) is 0 Å². The molecule has 1 unspecified atom stereocenters. The van der Waals surface area contributed by atoms with Crippen LogP contribution >= 0.6 is 15.9 Å². The van der Waals surface area contributed by atoms with E-state index >= 15 is 0 Å². The molecule has 5 heteroatoms. The Bertz CT molecular complexity index is 357. The van der Waals surface area contributed by atoms with Crippen molar-refractivity contribution in [1.29, 1.82) is 0 Å². The number of carboxylic acid groups (broad SMARTS) is 1. The number of hydrogen-bond acceptors (Lipinski definition) is 2. The molecule has 0 aliphatic carbocycles. The van der Waals surface area contributed by atoms with Crippen molar-refractivity contribution in [2.75, 3.05) is 6.54 Å². The van der Waals surface area contributed by atoms with Gasteiger partial charge in [-0.05, 0) is 33.6 Å². The number of benzene rings is 1. The molecule has 1 aromatic carbocycles. The van der Waals surface area contributed by atoms with Crippen molar-refractivity contribution in [2.45, 2.75) is 5.92 Å². The summed E-state index contributed by atoms with van der Waals surface area (Å²) < 4.78 is 13.1. The number of carbonyl (C=O) groups is 1. The third-order valence-electron chi connectivity index (χ3n) is 1.88. The van der Waals surface area contributed by atoms with E-state index < -0.39 is 17.7 Å². The molecule has 14 heavy (non-hydrogen) atoms. The molecule has 0 fully saturated rings. The van der Waals surface area contributed by atoms with E-state index in [0.29, 0.717) is 5.56 Å². The van der Waals surface area contributed by atoms with Crippen molar-refractivity contribution in [1.82, 2.24) is 0 Å². The van der Waals surface area contributed by atoms with E-state index in [9.17, 15) is 9.18 Å². The molecular weight excluding hydrogens is 253 g/mol. The van der Waals surface area contributed by atoms with Gasteiger partial charge in [0.15, 0.2) is 0 Å². The van der Waals surface area contributed by atoms with E-state index in [0.717, 1.165) is 0 Å². The quantitative estimate of drug-likeness (QED) is 0.871. The summed E-state index contributed by atoms with van der Waals surface area (Å²) in [5.41, 5.74) is 5.80. The zero-order chi connectivity index (χ0) is 10.7. The van der Waals surface area contributed by atoms with Gasteiger partial charge >= 0.3 is 5.97 Å². The summed E-state index contributed by atoms with van der Waals surface area (Å²) >= 11 is 2.98. The minimum atomic E-state index is -1.01. The Balaban J connectivity index is 3.06. The second-order valence-electron chi connectivity index (χ2n) is 2.80.